The van der Waals surface area contributed by atoms with Crippen molar-refractivity contribution in [2.24, 2.45) is 5.73 Å². The van der Waals surface area contributed by atoms with Gasteiger partial charge in [-0.05, 0) is 38.6 Å². The van der Waals surface area contributed by atoms with E-state index in [-0.39, 0.29) is 17.9 Å². The predicted molar refractivity (Wildman–Crippen MR) is 81.7 cm³/mol. The van der Waals surface area contributed by atoms with Crippen molar-refractivity contribution in [2.45, 2.75) is 57.0 Å². The van der Waals surface area contributed by atoms with Crippen LogP contribution in [0.2, 0.25) is 0 Å². The van der Waals surface area contributed by atoms with Gasteiger partial charge in [0.2, 0.25) is 11.8 Å². The van der Waals surface area contributed by atoms with Crippen molar-refractivity contribution in [3.8, 4) is 0 Å². The molecule has 2 aliphatic heterocycles. The van der Waals surface area contributed by atoms with Crippen LogP contribution >= 0.6 is 0 Å². The highest BCUT2D eigenvalue weighted by atomic mass is 16.2. The van der Waals surface area contributed by atoms with Crippen molar-refractivity contribution in [1.29, 1.82) is 0 Å². The van der Waals surface area contributed by atoms with E-state index in [1.54, 1.807) is 0 Å². The maximum absolute atomic E-state index is 12.0. The number of amides is 2. The number of nitrogens with one attached hydrogen (secondary N) is 2. The number of nitrogens with zero attached hydrogens (tertiary/aromatic N) is 1. The molecule has 1 atom stereocenters. The first-order valence-electron chi connectivity index (χ1n) is 8.17. The monoisotopic (exact) mass is 296 g/mol. The van der Waals surface area contributed by atoms with Gasteiger partial charge in [0, 0.05) is 31.6 Å². The molecule has 0 aromatic heterocycles. The van der Waals surface area contributed by atoms with E-state index in [0.29, 0.717) is 19.0 Å². The molecule has 21 heavy (non-hydrogen) atoms. The van der Waals surface area contributed by atoms with Crippen LogP contribution in [0.3, 0.4) is 0 Å². The Morgan fingerprint density at radius 3 is 2.57 bits per heavy atom. The fourth-order valence-electron chi connectivity index (χ4n) is 3.23. The van der Waals surface area contributed by atoms with E-state index >= 15 is 0 Å². The van der Waals surface area contributed by atoms with E-state index in [1.807, 2.05) is 0 Å². The second-order valence-corrected chi connectivity index (χ2v) is 6.27. The number of likely N-dealkylation sites (tertiary alicyclic amines) is 1. The second-order valence-electron chi connectivity index (χ2n) is 6.27. The molecule has 1 unspecified atom stereocenters. The molecule has 0 spiro atoms. The highest BCUT2D eigenvalue weighted by molar-refractivity contribution is 5.76. The van der Waals surface area contributed by atoms with Crippen molar-refractivity contribution in [1.82, 2.24) is 15.5 Å². The Hall–Kier alpha value is -1.14. The van der Waals surface area contributed by atoms with Crippen molar-refractivity contribution in [2.75, 3.05) is 26.2 Å². The van der Waals surface area contributed by atoms with Crippen LogP contribution in [-0.4, -0.2) is 55.0 Å². The minimum absolute atomic E-state index is 0.163. The van der Waals surface area contributed by atoms with E-state index in [1.165, 1.54) is 19.3 Å². The third-order valence-corrected chi connectivity index (χ3v) is 4.46. The summed E-state index contributed by atoms with van der Waals surface area (Å²) in [5.41, 5.74) is 5.19. The second kappa shape index (κ2) is 8.34. The molecule has 2 saturated heterocycles. The van der Waals surface area contributed by atoms with E-state index in [2.05, 4.69) is 15.5 Å². The Morgan fingerprint density at radius 2 is 1.95 bits per heavy atom. The number of carbonyl (C=O) groups excluding carboxylic acids is 2. The van der Waals surface area contributed by atoms with Crippen LogP contribution in [0, 0.1) is 0 Å². The summed E-state index contributed by atoms with van der Waals surface area (Å²) in [5.74, 6) is -0.117. The zero-order valence-corrected chi connectivity index (χ0v) is 12.8. The van der Waals surface area contributed by atoms with E-state index in [9.17, 15) is 9.59 Å². The smallest absolute Gasteiger partial charge is 0.231 e. The highest BCUT2D eigenvalue weighted by Gasteiger charge is 2.22. The molecule has 0 aromatic carbocycles. The van der Waals surface area contributed by atoms with Crippen LogP contribution in [-0.2, 0) is 9.59 Å². The standard InChI is InChI=1S/C15H28N4O2/c16-14(20)11-19-9-6-13(7-10-19)18-15(21)5-4-12-3-1-2-8-17-12/h12-13,17H,1-11H2,(H2,16,20)(H,18,21). The van der Waals surface area contributed by atoms with Gasteiger partial charge in [0.25, 0.3) is 0 Å². The number of rotatable bonds is 6. The van der Waals surface area contributed by atoms with Crippen LogP contribution < -0.4 is 16.4 Å². The lowest BCUT2D eigenvalue weighted by Gasteiger charge is -2.31. The van der Waals surface area contributed by atoms with Gasteiger partial charge in [0.05, 0.1) is 6.54 Å². The normalized spacial score (nSPS) is 24.7. The molecule has 2 rings (SSSR count). The summed E-state index contributed by atoms with van der Waals surface area (Å²) in [6.45, 7) is 3.08. The number of primary amides is 1. The summed E-state index contributed by atoms with van der Waals surface area (Å²) in [6.07, 6.45) is 7.08. The summed E-state index contributed by atoms with van der Waals surface area (Å²) in [5, 5.41) is 6.59. The van der Waals surface area contributed by atoms with Crippen molar-refractivity contribution < 1.29 is 9.59 Å². The quantitative estimate of drug-likeness (QED) is 0.642. The number of hydrogen-bond donors (Lipinski definition) is 3. The Bertz CT molecular complexity index is 348. The van der Waals surface area contributed by atoms with Gasteiger partial charge in [0.15, 0.2) is 0 Å². The lowest BCUT2D eigenvalue weighted by atomic mass is 10.00. The molecule has 6 heteroatoms. The minimum atomic E-state index is -0.280. The molecular formula is C15H28N4O2. The fourth-order valence-corrected chi connectivity index (χ4v) is 3.23. The third kappa shape index (κ3) is 6.01. The van der Waals surface area contributed by atoms with Crippen molar-refractivity contribution in [3.63, 3.8) is 0 Å². The first-order valence-corrected chi connectivity index (χ1v) is 8.17. The Labute approximate surface area is 126 Å². The van der Waals surface area contributed by atoms with Crippen LogP contribution in [0.15, 0.2) is 0 Å². The molecule has 0 radical (unpaired) electrons. The van der Waals surface area contributed by atoms with Gasteiger partial charge in [-0.2, -0.15) is 0 Å². The lowest BCUT2D eigenvalue weighted by Crippen LogP contribution is -2.47. The number of nitrogens with two attached hydrogens (primary N) is 1. The third-order valence-electron chi connectivity index (χ3n) is 4.46. The average molecular weight is 296 g/mol. The SMILES string of the molecule is NC(=O)CN1CCC(NC(=O)CCC2CCCCN2)CC1. The molecule has 120 valence electrons. The zero-order valence-electron chi connectivity index (χ0n) is 12.8. The van der Waals surface area contributed by atoms with Gasteiger partial charge in [-0.25, -0.2) is 0 Å². The molecule has 4 N–H and O–H groups in total. The molecule has 6 nitrogen and oxygen atoms in total. The molecule has 2 aliphatic rings. The first-order chi connectivity index (χ1) is 10.1. The maximum Gasteiger partial charge on any atom is 0.231 e. The molecule has 2 fully saturated rings. The highest BCUT2D eigenvalue weighted by Crippen LogP contribution is 2.13. The summed E-state index contributed by atoms with van der Waals surface area (Å²) in [6, 6.07) is 0.767. The molecule has 0 bridgehead atoms. The van der Waals surface area contributed by atoms with Gasteiger partial charge in [-0.3, -0.25) is 14.5 Å². The van der Waals surface area contributed by atoms with Gasteiger partial charge < -0.3 is 16.4 Å². The largest absolute Gasteiger partial charge is 0.369 e. The minimum Gasteiger partial charge on any atom is -0.369 e. The molecule has 0 aromatic rings. The Balaban J connectivity index is 1.59. The maximum atomic E-state index is 12.0. The number of carbonyl (C=O) groups is 2. The van der Waals surface area contributed by atoms with Crippen LogP contribution in [0.1, 0.15) is 44.9 Å². The van der Waals surface area contributed by atoms with Gasteiger partial charge in [-0.1, -0.05) is 6.42 Å². The van der Waals surface area contributed by atoms with Crippen LogP contribution in [0.25, 0.3) is 0 Å². The molecular weight excluding hydrogens is 268 g/mol. The van der Waals surface area contributed by atoms with Crippen LogP contribution in [0.5, 0.6) is 0 Å². The predicted octanol–water partition coefficient (Wildman–Crippen LogP) is -0.0254. The van der Waals surface area contributed by atoms with E-state index in [0.717, 1.165) is 38.9 Å². The summed E-state index contributed by atoms with van der Waals surface area (Å²) in [4.78, 5) is 24.9. The van der Waals surface area contributed by atoms with Crippen molar-refractivity contribution in [3.05, 3.63) is 0 Å². The zero-order chi connectivity index (χ0) is 15.1. The van der Waals surface area contributed by atoms with Gasteiger partial charge >= 0.3 is 0 Å². The molecule has 2 amide bonds. The average Bonchev–Trinajstić information content (AvgIpc) is 2.48. The summed E-state index contributed by atoms with van der Waals surface area (Å²) >= 11 is 0. The summed E-state index contributed by atoms with van der Waals surface area (Å²) in [7, 11) is 0. The Morgan fingerprint density at radius 1 is 1.19 bits per heavy atom. The number of piperidine rings is 2. The molecule has 0 aliphatic carbocycles. The molecule has 0 saturated carbocycles. The van der Waals surface area contributed by atoms with E-state index in [4.69, 9.17) is 5.73 Å². The Kier molecular flexibility index (Phi) is 6.45. The molecule has 2 heterocycles. The van der Waals surface area contributed by atoms with E-state index < -0.39 is 0 Å². The lowest BCUT2D eigenvalue weighted by molar-refractivity contribution is -0.123. The number of hydrogen-bond acceptors (Lipinski definition) is 4. The van der Waals surface area contributed by atoms with Gasteiger partial charge in [0.1, 0.15) is 0 Å². The summed E-state index contributed by atoms with van der Waals surface area (Å²) < 4.78 is 0. The van der Waals surface area contributed by atoms with Crippen molar-refractivity contribution >= 4 is 11.8 Å². The first kappa shape index (κ1) is 16.2. The fraction of sp³-hybridized carbons (Fsp3) is 0.867. The van der Waals surface area contributed by atoms with Gasteiger partial charge in [-0.15, -0.1) is 0 Å². The van der Waals surface area contributed by atoms with Crippen LogP contribution in [0.4, 0.5) is 0 Å². The topological polar surface area (TPSA) is 87.5 Å².